The molecule has 0 saturated heterocycles. The molecular formula is C7H9N5O. The molecule has 0 amide bonds. The average molecular weight is 179 g/mol. The van der Waals surface area contributed by atoms with Gasteiger partial charge in [0.2, 0.25) is 0 Å². The van der Waals surface area contributed by atoms with Crippen molar-refractivity contribution in [2.45, 2.75) is 13.8 Å². The molecule has 0 aliphatic rings. The van der Waals surface area contributed by atoms with Crippen LogP contribution in [-0.2, 0) is 0 Å². The molecule has 2 rings (SSSR count). The Bertz CT molecular complexity index is 424. The van der Waals surface area contributed by atoms with Crippen LogP contribution in [0.2, 0.25) is 0 Å². The Morgan fingerprint density at radius 2 is 2.31 bits per heavy atom. The summed E-state index contributed by atoms with van der Waals surface area (Å²) in [4.78, 5) is 12.0. The molecule has 13 heavy (non-hydrogen) atoms. The SMILES string of the molecule is CCOc1ncnc2nc(C)nn12. The van der Waals surface area contributed by atoms with Crippen molar-refractivity contribution in [3.8, 4) is 6.01 Å². The molecule has 2 aromatic rings. The van der Waals surface area contributed by atoms with Gasteiger partial charge in [-0.05, 0) is 13.8 Å². The topological polar surface area (TPSA) is 65.2 Å². The second-order valence-corrected chi connectivity index (χ2v) is 2.46. The van der Waals surface area contributed by atoms with Gasteiger partial charge in [0.05, 0.1) is 6.61 Å². The van der Waals surface area contributed by atoms with E-state index in [9.17, 15) is 0 Å². The summed E-state index contributed by atoms with van der Waals surface area (Å²) in [5, 5.41) is 4.09. The Hall–Kier alpha value is -1.72. The summed E-state index contributed by atoms with van der Waals surface area (Å²) in [5.74, 6) is 1.16. The summed E-state index contributed by atoms with van der Waals surface area (Å²) in [6, 6.07) is 0.424. The third-order valence-corrected chi connectivity index (χ3v) is 1.49. The van der Waals surface area contributed by atoms with Gasteiger partial charge in [0.15, 0.2) is 5.82 Å². The first-order valence-corrected chi connectivity index (χ1v) is 3.98. The highest BCUT2D eigenvalue weighted by atomic mass is 16.5. The van der Waals surface area contributed by atoms with E-state index in [0.29, 0.717) is 24.2 Å². The molecule has 6 nitrogen and oxygen atoms in total. The summed E-state index contributed by atoms with van der Waals surface area (Å²) in [6.45, 7) is 4.23. The van der Waals surface area contributed by atoms with Crippen molar-refractivity contribution in [2.24, 2.45) is 0 Å². The minimum absolute atomic E-state index is 0.424. The van der Waals surface area contributed by atoms with Gasteiger partial charge in [0.25, 0.3) is 5.78 Å². The van der Waals surface area contributed by atoms with Crippen molar-refractivity contribution in [3.05, 3.63) is 12.2 Å². The van der Waals surface area contributed by atoms with Gasteiger partial charge in [-0.25, -0.2) is 0 Å². The van der Waals surface area contributed by atoms with Crippen LogP contribution in [0.3, 0.4) is 0 Å². The third kappa shape index (κ3) is 1.30. The molecule has 0 bridgehead atoms. The predicted octanol–water partition coefficient (Wildman–Crippen LogP) is 0.226. The maximum atomic E-state index is 5.24. The number of aryl methyl sites for hydroxylation is 1. The molecule has 0 spiro atoms. The normalized spacial score (nSPS) is 10.6. The van der Waals surface area contributed by atoms with Gasteiger partial charge in [0, 0.05) is 0 Å². The molecule has 0 unspecified atom stereocenters. The standard InChI is InChI=1S/C7H9N5O/c1-3-13-7-9-4-8-6-10-5(2)11-12(6)7/h4H,3H2,1-2H3. The highest BCUT2D eigenvalue weighted by Crippen LogP contribution is 2.06. The van der Waals surface area contributed by atoms with Crippen LogP contribution in [0.5, 0.6) is 6.01 Å². The molecule has 0 atom stereocenters. The quantitative estimate of drug-likeness (QED) is 0.660. The summed E-state index contributed by atoms with van der Waals surface area (Å²) in [6.07, 6.45) is 1.41. The number of hydrogen-bond donors (Lipinski definition) is 0. The van der Waals surface area contributed by atoms with Crippen molar-refractivity contribution < 1.29 is 4.74 Å². The fourth-order valence-corrected chi connectivity index (χ4v) is 1.03. The number of aromatic nitrogens is 5. The van der Waals surface area contributed by atoms with Gasteiger partial charge in [-0.1, -0.05) is 0 Å². The highest BCUT2D eigenvalue weighted by molar-refractivity contribution is 5.26. The molecule has 0 saturated carbocycles. The van der Waals surface area contributed by atoms with Crippen LogP contribution in [0.15, 0.2) is 6.33 Å². The lowest BCUT2D eigenvalue weighted by Crippen LogP contribution is -2.03. The Balaban J connectivity index is 2.60. The molecule has 0 fully saturated rings. The number of fused-ring (bicyclic) bond motifs is 1. The molecule has 0 radical (unpaired) electrons. The lowest BCUT2D eigenvalue weighted by Gasteiger charge is -2.00. The van der Waals surface area contributed by atoms with Crippen molar-refractivity contribution in [3.63, 3.8) is 0 Å². The first-order valence-electron chi connectivity index (χ1n) is 3.98. The van der Waals surface area contributed by atoms with Gasteiger partial charge in [-0.15, -0.1) is 9.61 Å². The van der Waals surface area contributed by atoms with Crippen molar-refractivity contribution in [1.82, 2.24) is 24.6 Å². The zero-order valence-corrected chi connectivity index (χ0v) is 7.43. The predicted molar refractivity (Wildman–Crippen MR) is 44.5 cm³/mol. The lowest BCUT2D eigenvalue weighted by atomic mass is 10.8. The van der Waals surface area contributed by atoms with E-state index in [2.05, 4.69) is 20.1 Å². The monoisotopic (exact) mass is 179 g/mol. The minimum atomic E-state index is 0.424. The second kappa shape index (κ2) is 2.96. The zero-order valence-electron chi connectivity index (χ0n) is 7.43. The van der Waals surface area contributed by atoms with Crippen LogP contribution in [0.25, 0.3) is 5.78 Å². The Morgan fingerprint density at radius 1 is 1.46 bits per heavy atom. The minimum Gasteiger partial charge on any atom is -0.464 e. The zero-order chi connectivity index (χ0) is 9.26. The molecule has 0 N–H and O–H groups in total. The van der Waals surface area contributed by atoms with Gasteiger partial charge in [0.1, 0.15) is 6.33 Å². The molecule has 0 aliphatic heterocycles. The van der Waals surface area contributed by atoms with Gasteiger partial charge in [-0.2, -0.15) is 15.0 Å². The Kier molecular flexibility index (Phi) is 1.80. The summed E-state index contributed by atoms with van der Waals surface area (Å²) < 4.78 is 6.73. The van der Waals surface area contributed by atoms with E-state index in [4.69, 9.17) is 4.74 Å². The van der Waals surface area contributed by atoms with Crippen LogP contribution < -0.4 is 4.74 Å². The van der Waals surface area contributed by atoms with E-state index >= 15 is 0 Å². The number of hydrogen-bond acceptors (Lipinski definition) is 5. The average Bonchev–Trinajstić information content (AvgIpc) is 2.47. The largest absolute Gasteiger partial charge is 0.464 e. The van der Waals surface area contributed by atoms with Gasteiger partial charge >= 0.3 is 6.01 Å². The number of rotatable bonds is 2. The highest BCUT2D eigenvalue weighted by Gasteiger charge is 2.06. The smallest absolute Gasteiger partial charge is 0.322 e. The van der Waals surface area contributed by atoms with Crippen molar-refractivity contribution in [2.75, 3.05) is 6.61 Å². The molecule has 68 valence electrons. The van der Waals surface area contributed by atoms with Gasteiger partial charge < -0.3 is 4.74 Å². The first kappa shape index (κ1) is 7.90. The number of ether oxygens (including phenoxy) is 1. The van der Waals surface area contributed by atoms with Crippen LogP contribution in [0, 0.1) is 6.92 Å². The van der Waals surface area contributed by atoms with Crippen LogP contribution >= 0.6 is 0 Å². The van der Waals surface area contributed by atoms with E-state index in [0.717, 1.165) is 0 Å². The summed E-state index contributed by atoms with van der Waals surface area (Å²) in [7, 11) is 0. The lowest BCUT2D eigenvalue weighted by molar-refractivity contribution is 0.301. The van der Waals surface area contributed by atoms with E-state index in [-0.39, 0.29) is 0 Å². The Morgan fingerprint density at radius 3 is 3.08 bits per heavy atom. The Labute approximate surface area is 74.6 Å². The van der Waals surface area contributed by atoms with Crippen LogP contribution in [0.1, 0.15) is 12.7 Å². The summed E-state index contributed by atoms with van der Waals surface area (Å²) in [5.41, 5.74) is 0. The maximum absolute atomic E-state index is 5.24. The molecule has 2 heterocycles. The molecule has 6 heteroatoms. The maximum Gasteiger partial charge on any atom is 0.322 e. The summed E-state index contributed by atoms with van der Waals surface area (Å²) >= 11 is 0. The van der Waals surface area contributed by atoms with Crippen LogP contribution in [-0.4, -0.2) is 31.2 Å². The van der Waals surface area contributed by atoms with Crippen molar-refractivity contribution >= 4 is 5.78 Å². The fraction of sp³-hybridized carbons (Fsp3) is 0.429. The fourth-order valence-electron chi connectivity index (χ4n) is 1.03. The molecule has 0 aliphatic carbocycles. The first-order chi connectivity index (χ1) is 6.31. The van der Waals surface area contributed by atoms with Crippen molar-refractivity contribution in [1.29, 1.82) is 0 Å². The van der Waals surface area contributed by atoms with E-state index in [1.807, 2.05) is 6.92 Å². The molecule has 0 aromatic carbocycles. The number of nitrogens with zero attached hydrogens (tertiary/aromatic N) is 5. The van der Waals surface area contributed by atoms with Gasteiger partial charge in [-0.3, -0.25) is 0 Å². The van der Waals surface area contributed by atoms with E-state index in [1.54, 1.807) is 6.92 Å². The van der Waals surface area contributed by atoms with E-state index in [1.165, 1.54) is 10.8 Å². The third-order valence-electron chi connectivity index (χ3n) is 1.49. The molecule has 2 aromatic heterocycles. The van der Waals surface area contributed by atoms with Crippen LogP contribution in [0.4, 0.5) is 0 Å². The molecular weight excluding hydrogens is 170 g/mol. The van der Waals surface area contributed by atoms with E-state index < -0.39 is 0 Å². The second-order valence-electron chi connectivity index (χ2n) is 2.46.